The first-order chi connectivity index (χ1) is 7.13. The third-order valence-corrected chi connectivity index (χ3v) is 2.45. The number of halogens is 2. The number of benzene rings is 1. The third kappa shape index (κ3) is 4.12. The highest BCUT2D eigenvalue weighted by Crippen LogP contribution is 2.18. The fourth-order valence-corrected chi connectivity index (χ4v) is 1.14. The van der Waals surface area contributed by atoms with E-state index in [2.05, 4.69) is 0 Å². The van der Waals surface area contributed by atoms with E-state index in [1.54, 1.807) is 31.2 Å². The molecule has 2 nitrogen and oxygen atoms in total. The predicted molar refractivity (Wildman–Crippen MR) is 62.4 cm³/mol. The smallest absolute Gasteiger partial charge is 0.125 e. The van der Waals surface area contributed by atoms with E-state index in [1.807, 2.05) is 0 Å². The van der Waals surface area contributed by atoms with Crippen molar-refractivity contribution in [3.8, 4) is 5.75 Å². The van der Waals surface area contributed by atoms with Gasteiger partial charge in [0.2, 0.25) is 0 Å². The first-order valence-corrected chi connectivity index (χ1v) is 5.30. The van der Waals surface area contributed by atoms with Gasteiger partial charge in [-0.1, -0.05) is 35.3 Å². The molecular formula is C11H12Cl2O2. The van der Waals surface area contributed by atoms with Crippen LogP contribution in [0.1, 0.15) is 18.6 Å². The summed E-state index contributed by atoms with van der Waals surface area (Å²) in [6, 6.07) is 7.16. The minimum atomic E-state index is -0.467. The van der Waals surface area contributed by atoms with Gasteiger partial charge in [0.1, 0.15) is 12.4 Å². The molecule has 0 amide bonds. The van der Waals surface area contributed by atoms with E-state index in [1.165, 1.54) is 5.54 Å². The Morgan fingerprint density at radius 3 is 2.53 bits per heavy atom. The first kappa shape index (κ1) is 12.4. The van der Waals surface area contributed by atoms with E-state index in [4.69, 9.17) is 27.9 Å². The monoisotopic (exact) mass is 246 g/mol. The van der Waals surface area contributed by atoms with Gasteiger partial charge in [-0.15, -0.1) is 0 Å². The van der Waals surface area contributed by atoms with Crippen LogP contribution >= 0.6 is 23.2 Å². The summed E-state index contributed by atoms with van der Waals surface area (Å²) in [4.78, 5) is 0. The van der Waals surface area contributed by atoms with Gasteiger partial charge in [-0.25, -0.2) is 0 Å². The van der Waals surface area contributed by atoms with Crippen LogP contribution in [0.15, 0.2) is 34.8 Å². The highest BCUT2D eigenvalue weighted by Gasteiger charge is 2.01. The largest absolute Gasteiger partial charge is 0.488 e. The molecule has 1 aromatic carbocycles. The van der Waals surface area contributed by atoms with Crippen LogP contribution < -0.4 is 4.74 Å². The van der Waals surface area contributed by atoms with Gasteiger partial charge in [-0.05, 0) is 24.6 Å². The van der Waals surface area contributed by atoms with E-state index < -0.39 is 6.10 Å². The molecule has 1 aromatic rings. The topological polar surface area (TPSA) is 29.5 Å². The Hall–Kier alpha value is -0.700. The van der Waals surface area contributed by atoms with Gasteiger partial charge in [0.05, 0.1) is 11.1 Å². The molecule has 0 fully saturated rings. The van der Waals surface area contributed by atoms with Gasteiger partial charge in [0.15, 0.2) is 0 Å². The fourth-order valence-electron chi connectivity index (χ4n) is 1.03. The van der Waals surface area contributed by atoms with Crippen molar-refractivity contribution in [1.29, 1.82) is 0 Å². The molecule has 0 aliphatic carbocycles. The van der Waals surface area contributed by atoms with Gasteiger partial charge in [-0.3, -0.25) is 0 Å². The Balaban J connectivity index is 2.57. The summed E-state index contributed by atoms with van der Waals surface area (Å²) in [5.41, 5.74) is 2.12. The Kier molecular flexibility index (Phi) is 4.95. The van der Waals surface area contributed by atoms with Gasteiger partial charge >= 0.3 is 0 Å². The van der Waals surface area contributed by atoms with Crippen LogP contribution in [0.2, 0.25) is 0 Å². The lowest BCUT2D eigenvalue weighted by Crippen LogP contribution is -1.97. The second-order valence-electron chi connectivity index (χ2n) is 3.09. The molecule has 0 spiro atoms. The Bertz CT molecular complexity index is 331. The summed E-state index contributed by atoms with van der Waals surface area (Å²) in [5, 5.41) is 9.72. The molecule has 0 aliphatic rings. The lowest BCUT2D eigenvalue weighted by Gasteiger charge is -2.07. The summed E-state index contributed by atoms with van der Waals surface area (Å²) in [5.74, 6) is 0.691. The summed E-state index contributed by atoms with van der Waals surface area (Å²) in [6.45, 7) is 1.96. The number of rotatable bonds is 4. The Labute approximate surface area is 99.1 Å². The highest BCUT2D eigenvalue weighted by molar-refractivity contribution is 6.36. The zero-order valence-corrected chi connectivity index (χ0v) is 9.79. The normalized spacial score (nSPS) is 13.7. The minimum absolute atomic E-state index is 0.249. The van der Waals surface area contributed by atoms with Crippen molar-refractivity contribution in [2.75, 3.05) is 6.61 Å². The van der Waals surface area contributed by atoms with Gasteiger partial charge in [0.25, 0.3) is 0 Å². The zero-order valence-electron chi connectivity index (χ0n) is 8.28. The second-order valence-corrected chi connectivity index (χ2v) is 3.79. The number of aliphatic hydroxyl groups is 1. The number of hydrogen-bond acceptors (Lipinski definition) is 2. The van der Waals surface area contributed by atoms with E-state index in [-0.39, 0.29) is 6.61 Å². The molecule has 0 saturated heterocycles. The molecule has 82 valence electrons. The summed E-state index contributed by atoms with van der Waals surface area (Å²) >= 11 is 11.0. The van der Waals surface area contributed by atoms with Crippen molar-refractivity contribution in [3.63, 3.8) is 0 Å². The maximum atomic E-state index is 9.28. The van der Waals surface area contributed by atoms with E-state index in [0.29, 0.717) is 10.8 Å². The van der Waals surface area contributed by atoms with Crippen molar-refractivity contribution in [2.45, 2.75) is 13.0 Å². The molecule has 0 heterocycles. The molecular weight excluding hydrogens is 235 g/mol. The summed E-state index contributed by atoms with van der Waals surface area (Å²) in [7, 11) is 0. The van der Waals surface area contributed by atoms with Crippen molar-refractivity contribution in [1.82, 2.24) is 0 Å². The lowest BCUT2D eigenvalue weighted by atomic mass is 10.1. The van der Waals surface area contributed by atoms with E-state index >= 15 is 0 Å². The van der Waals surface area contributed by atoms with Gasteiger partial charge < -0.3 is 9.84 Å². The minimum Gasteiger partial charge on any atom is -0.488 e. The lowest BCUT2D eigenvalue weighted by molar-refractivity contribution is 0.199. The fraction of sp³-hybridized carbons (Fsp3) is 0.273. The molecule has 0 saturated carbocycles. The molecule has 0 unspecified atom stereocenters. The van der Waals surface area contributed by atoms with Crippen molar-refractivity contribution in [2.24, 2.45) is 0 Å². The van der Waals surface area contributed by atoms with Gasteiger partial charge in [-0.2, -0.15) is 0 Å². The molecule has 1 atom stereocenters. The molecule has 0 radical (unpaired) electrons. The van der Waals surface area contributed by atoms with Crippen molar-refractivity contribution in [3.05, 3.63) is 40.4 Å². The molecule has 1 N–H and O–H groups in total. The quantitative estimate of drug-likeness (QED) is 0.883. The number of ether oxygens (including phenoxy) is 1. The molecule has 0 aromatic heterocycles. The van der Waals surface area contributed by atoms with Crippen LogP contribution in [0.3, 0.4) is 0 Å². The number of aliphatic hydroxyl groups excluding tert-OH is 1. The first-order valence-electron chi connectivity index (χ1n) is 4.49. The molecule has 0 bridgehead atoms. The average Bonchev–Trinajstić information content (AvgIpc) is 2.26. The van der Waals surface area contributed by atoms with Crippen molar-refractivity contribution < 1.29 is 9.84 Å². The Morgan fingerprint density at radius 2 is 2.07 bits per heavy atom. The number of hydrogen-bond donors (Lipinski definition) is 1. The van der Waals surface area contributed by atoms with Crippen LogP contribution in [-0.4, -0.2) is 11.7 Å². The maximum absolute atomic E-state index is 9.28. The SMILES string of the molecule is C[C@@H](O)c1ccc(OCC(Cl)=CCl)cc1. The molecule has 1 rings (SSSR count). The van der Waals surface area contributed by atoms with Crippen molar-refractivity contribution >= 4 is 23.2 Å². The maximum Gasteiger partial charge on any atom is 0.125 e. The van der Waals surface area contributed by atoms with E-state index in [0.717, 1.165) is 5.56 Å². The van der Waals surface area contributed by atoms with Crippen LogP contribution in [0, 0.1) is 0 Å². The summed E-state index contributed by atoms with van der Waals surface area (Å²) < 4.78 is 5.33. The highest BCUT2D eigenvalue weighted by atomic mass is 35.5. The molecule has 15 heavy (non-hydrogen) atoms. The van der Waals surface area contributed by atoms with Crippen LogP contribution in [0.5, 0.6) is 5.75 Å². The zero-order chi connectivity index (χ0) is 11.3. The van der Waals surface area contributed by atoms with Crippen LogP contribution in [0.25, 0.3) is 0 Å². The van der Waals surface area contributed by atoms with Gasteiger partial charge in [0, 0.05) is 5.54 Å². The predicted octanol–water partition coefficient (Wildman–Crippen LogP) is 3.44. The molecule has 4 heteroatoms. The summed E-state index contributed by atoms with van der Waals surface area (Å²) in [6.07, 6.45) is -0.467. The molecule has 0 aliphatic heterocycles. The Morgan fingerprint density at radius 1 is 1.47 bits per heavy atom. The van der Waals surface area contributed by atoms with E-state index in [9.17, 15) is 5.11 Å². The second kappa shape index (κ2) is 6.01. The van der Waals surface area contributed by atoms with Crippen LogP contribution in [0.4, 0.5) is 0 Å². The average molecular weight is 247 g/mol. The third-order valence-electron chi connectivity index (χ3n) is 1.86. The standard InChI is InChI=1S/C11H12Cl2O2/c1-8(14)9-2-4-11(5-3-9)15-7-10(13)6-12/h2-6,8,14H,7H2,1H3/t8-/m1/s1. The van der Waals surface area contributed by atoms with Crippen LogP contribution in [-0.2, 0) is 0 Å².